The summed E-state index contributed by atoms with van der Waals surface area (Å²) in [5.74, 6) is 3.34. The third-order valence-corrected chi connectivity index (χ3v) is 2.94. The number of carbonyl (C=O) groups excluding carboxylic acids is 1. The Morgan fingerprint density at radius 1 is 1.28 bits per heavy atom. The highest BCUT2D eigenvalue weighted by Crippen LogP contribution is 2.37. The Hall–Kier alpha value is -0.660. The lowest BCUT2D eigenvalue weighted by atomic mass is 10.2. The summed E-state index contributed by atoms with van der Waals surface area (Å²) in [6.07, 6.45) is 9.14. The van der Waals surface area contributed by atoms with Crippen LogP contribution in [-0.4, -0.2) is 43.4 Å². The Labute approximate surface area is 113 Å². The standard InChI is InChI=1S/C9H17NS.C5H10O2/c1-10-9(5-6-9)7-8-11(2,3)4;1-5(2,3)7-4-6/h10H,5-6H2,1-4H3;4H,1-3H3. The molecule has 0 aliphatic heterocycles. The quantitative estimate of drug-likeness (QED) is 0.620. The average Bonchev–Trinajstić information content (AvgIpc) is 2.93. The lowest BCUT2D eigenvalue weighted by Crippen LogP contribution is -2.24. The second-order valence-electron chi connectivity index (χ2n) is 6.22. The summed E-state index contributed by atoms with van der Waals surface area (Å²) in [6, 6.07) is 0. The van der Waals surface area contributed by atoms with E-state index in [2.05, 4.69) is 40.0 Å². The van der Waals surface area contributed by atoms with Crippen LogP contribution < -0.4 is 5.32 Å². The van der Waals surface area contributed by atoms with E-state index in [-0.39, 0.29) is 11.1 Å². The first kappa shape index (κ1) is 17.3. The minimum absolute atomic E-state index is 0.209. The first-order chi connectivity index (χ1) is 8.04. The van der Waals surface area contributed by atoms with Crippen molar-refractivity contribution in [3.63, 3.8) is 0 Å². The number of carbonyl (C=O) groups is 1. The fraction of sp³-hybridized carbons (Fsp3) is 0.786. The molecule has 1 aliphatic carbocycles. The predicted octanol–water partition coefficient (Wildman–Crippen LogP) is 2.35. The van der Waals surface area contributed by atoms with Crippen molar-refractivity contribution >= 4 is 16.5 Å². The molecule has 0 heterocycles. The van der Waals surface area contributed by atoms with Gasteiger partial charge in [-0.2, -0.15) is 10.0 Å². The van der Waals surface area contributed by atoms with Crippen LogP contribution >= 0.6 is 10.0 Å². The van der Waals surface area contributed by atoms with Gasteiger partial charge >= 0.3 is 0 Å². The molecule has 3 nitrogen and oxygen atoms in total. The highest BCUT2D eigenvalue weighted by atomic mass is 32.3. The van der Waals surface area contributed by atoms with Gasteiger partial charge in [0.25, 0.3) is 6.47 Å². The molecule has 0 aromatic heterocycles. The van der Waals surface area contributed by atoms with Gasteiger partial charge in [0.15, 0.2) is 0 Å². The molecule has 0 bridgehead atoms. The highest BCUT2D eigenvalue weighted by molar-refractivity contribution is 8.35. The Kier molecular flexibility index (Phi) is 6.25. The molecule has 0 saturated heterocycles. The van der Waals surface area contributed by atoms with Gasteiger partial charge in [-0.1, -0.05) is 11.2 Å². The molecule has 1 fully saturated rings. The van der Waals surface area contributed by atoms with Crippen LogP contribution in [0.15, 0.2) is 0 Å². The summed E-state index contributed by atoms with van der Waals surface area (Å²) in [7, 11) is 1.37. The van der Waals surface area contributed by atoms with E-state index in [1.807, 2.05) is 27.8 Å². The van der Waals surface area contributed by atoms with Gasteiger partial charge < -0.3 is 10.1 Å². The summed E-state index contributed by atoms with van der Waals surface area (Å²) < 4.78 is 4.55. The van der Waals surface area contributed by atoms with Crippen LogP contribution in [-0.2, 0) is 9.53 Å². The molecule has 1 N–H and O–H groups in total. The van der Waals surface area contributed by atoms with Crippen molar-refractivity contribution in [1.82, 2.24) is 5.32 Å². The van der Waals surface area contributed by atoms with Crippen molar-refractivity contribution in [3.8, 4) is 11.2 Å². The number of hydrogen-bond acceptors (Lipinski definition) is 3. The zero-order valence-corrected chi connectivity index (χ0v) is 13.5. The van der Waals surface area contributed by atoms with Gasteiger partial charge in [0.05, 0.1) is 5.54 Å². The maximum atomic E-state index is 9.60. The molecule has 1 saturated carbocycles. The van der Waals surface area contributed by atoms with Crippen LogP contribution in [0.25, 0.3) is 0 Å². The Morgan fingerprint density at radius 3 is 1.94 bits per heavy atom. The lowest BCUT2D eigenvalue weighted by Gasteiger charge is -2.16. The van der Waals surface area contributed by atoms with Crippen LogP contribution in [0, 0.1) is 11.2 Å². The minimum Gasteiger partial charge on any atom is -0.462 e. The normalized spacial score (nSPS) is 17.5. The molecular weight excluding hydrogens is 246 g/mol. The van der Waals surface area contributed by atoms with Gasteiger partial charge in [-0.15, -0.1) is 0 Å². The van der Waals surface area contributed by atoms with Crippen LogP contribution in [0.3, 0.4) is 0 Å². The van der Waals surface area contributed by atoms with Crippen LogP contribution in [0.1, 0.15) is 33.6 Å². The Morgan fingerprint density at radius 2 is 1.78 bits per heavy atom. The summed E-state index contributed by atoms with van der Waals surface area (Å²) >= 11 is 0. The maximum absolute atomic E-state index is 9.60. The molecule has 1 aliphatic rings. The summed E-state index contributed by atoms with van der Waals surface area (Å²) in [6.45, 7) is 5.92. The third kappa shape index (κ3) is 9.38. The topological polar surface area (TPSA) is 38.3 Å². The van der Waals surface area contributed by atoms with Crippen molar-refractivity contribution < 1.29 is 9.53 Å². The van der Waals surface area contributed by atoms with E-state index in [0.717, 1.165) is 0 Å². The van der Waals surface area contributed by atoms with Crippen LogP contribution in [0.5, 0.6) is 0 Å². The zero-order chi connectivity index (χ0) is 14.4. The maximum Gasteiger partial charge on any atom is 0.293 e. The van der Waals surface area contributed by atoms with Crippen molar-refractivity contribution in [2.75, 3.05) is 25.8 Å². The molecule has 0 radical (unpaired) electrons. The monoisotopic (exact) mass is 273 g/mol. The summed E-state index contributed by atoms with van der Waals surface area (Å²) in [5, 5.41) is 6.61. The lowest BCUT2D eigenvalue weighted by molar-refractivity contribution is -0.138. The van der Waals surface area contributed by atoms with Gasteiger partial charge in [0, 0.05) is 0 Å². The zero-order valence-electron chi connectivity index (χ0n) is 12.7. The third-order valence-electron chi connectivity index (χ3n) is 2.23. The van der Waals surface area contributed by atoms with E-state index < -0.39 is 10.0 Å². The van der Waals surface area contributed by atoms with Crippen LogP contribution in [0.2, 0.25) is 0 Å². The number of ether oxygens (including phenoxy) is 1. The highest BCUT2D eigenvalue weighted by Gasteiger charge is 2.39. The molecule has 106 valence electrons. The van der Waals surface area contributed by atoms with Gasteiger partial charge in [0.2, 0.25) is 0 Å². The molecule has 18 heavy (non-hydrogen) atoms. The smallest absolute Gasteiger partial charge is 0.293 e. The second-order valence-corrected chi connectivity index (χ2v) is 10.1. The molecule has 0 atom stereocenters. The minimum atomic E-state index is -0.629. The van der Waals surface area contributed by atoms with Gasteiger partial charge in [0.1, 0.15) is 5.60 Å². The molecule has 0 unspecified atom stereocenters. The van der Waals surface area contributed by atoms with Crippen molar-refractivity contribution in [1.29, 1.82) is 0 Å². The number of rotatable bonds is 2. The van der Waals surface area contributed by atoms with Crippen LogP contribution in [0.4, 0.5) is 0 Å². The van der Waals surface area contributed by atoms with E-state index in [0.29, 0.717) is 6.47 Å². The Balaban J connectivity index is 0.000000360. The average molecular weight is 273 g/mol. The molecule has 0 aromatic rings. The van der Waals surface area contributed by atoms with Gasteiger partial charge in [-0.3, -0.25) is 4.79 Å². The van der Waals surface area contributed by atoms with Crippen molar-refractivity contribution in [2.24, 2.45) is 0 Å². The number of hydrogen-bond donors (Lipinski definition) is 1. The molecule has 0 spiro atoms. The molecule has 0 aromatic carbocycles. The molecule has 0 amide bonds. The fourth-order valence-electron chi connectivity index (χ4n) is 0.958. The SMILES string of the molecule is CC(C)(C)OC=O.CNC1(C#CS(C)(C)C)CC1. The second kappa shape index (κ2) is 6.49. The van der Waals surface area contributed by atoms with Gasteiger partial charge in [-0.25, -0.2) is 0 Å². The molecular formula is C14H27NO2S. The number of nitrogens with one attached hydrogen (secondary N) is 1. The van der Waals surface area contributed by atoms with E-state index in [4.69, 9.17) is 0 Å². The molecule has 1 rings (SSSR count). The Bertz CT molecular complexity index is 324. The van der Waals surface area contributed by atoms with E-state index in [1.165, 1.54) is 12.8 Å². The first-order valence-electron chi connectivity index (χ1n) is 6.06. The van der Waals surface area contributed by atoms with E-state index >= 15 is 0 Å². The molecule has 4 heteroatoms. The van der Waals surface area contributed by atoms with Gasteiger partial charge in [-0.05, 0) is 59.4 Å². The summed E-state index contributed by atoms with van der Waals surface area (Å²) in [5.41, 5.74) is -0.109. The van der Waals surface area contributed by atoms with Crippen molar-refractivity contribution in [2.45, 2.75) is 44.8 Å². The largest absolute Gasteiger partial charge is 0.462 e. The first-order valence-corrected chi connectivity index (χ1v) is 8.92. The predicted molar refractivity (Wildman–Crippen MR) is 81.1 cm³/mol. The summed E-state index contributed by atoms with van der Waals surface area (Å²) in [4.78, 5) is 9.60. The van der Waals surface area contributed by atoms with Crippen molar-refractivity contribution in [3.05, 3.63) is 0 Å². The van der Waals surface area contributed by atoms with E-state index in [1.54, 1.807) is 0 Å². The van der Waals surface area contributed by atoms with E-state index in [9.17, 15) is 4.79 Å². The fourth-order valence-corrected chi connectivity index (χ4v) is 1.46.